The highest BCUT2D eigenvalue weighted by molar-refractivity contribution is 5.99. The van der Waals surface area contributed by atoms with E-state index in [-0.39, 0.29) is 41.5 Å². The molecule has 5 rings (SSSR count). The number of Topliss-reactive ketones (excluding diaryl/α,β-unsaturated/α-hetero) is 1. The molecule has 1 N–H and O–H groups in total. The van der Waals surface area contributed by atoms with Crippen LogP contribution >= 0.6 is 0 Å². The number of carbonyl (C=O) groups excluding carboxylic acids is 1. The van der Waals surface area contributed by atoms with E-state index < -0.39 is 22.8 Å². The summed E-state index contributed by atoms with van der Waals surface area (Å²) in [4.78, 5) is 39.1. The predicted molar refractivity (Wildman–Crippen MR) is 160 cm³/mol. The predicted octanol–water partition coefficient (Wildman–Crippen LogP) is 6.34. The third-order valence-electron chi connectivity index (χ3n) is 6.93. The number of carbonyl (C=O) groups is 1. The zero-order valence-electron chi connectivity index (χ0n) is 24.5. The number of nitrogens with zero attached hydrogens (tertiary/aromatic N) is 2. The molecule has 9 nitrogen and oxygen atoms in total. The van der Waals surface area contributed by atoms with Crippen LogP contribution in [0.5, 0.6) is 23.1 Å². The van der Waals surface area contributed by atoms with Crippen LogP contribution in [0.2, 0.25) is 0 Å². The van der Waals surface area contributed by atoms with Crippen molar-refractivity contribution in [1.29, 1.82) is 0 Å². The minimum Gasteiger partial charge on any atom is -0.491 e. The summed E-state index contributed by atoms with van der Waals surface area (Å²) in [5, 5.41) is 0. The molecule has 0 aliphatic heterocycles. The van der Waals surface area contributed by atoms with Crippen LogP contribution in [0.1, 0.15) is 34.2 Å². The lowest BCUT2D eigenvalue weighted by molar-refractivity contribution is 0.0978. The van der Waals surface area contributed by atoms with Crippen LogP contribution in [-0.4, -0.2) is 41.6 Å². The Morgan fingerprint density at radius 2 is 1.73 bits per heavy atom. The number of pyridine rings is 3. The van der Waals surface area contributed by atoms with E-state index in [1.54, 1.807) is 32.0 Å². The topological polar surface area (TPSA) is 113 Å². The number of nitrogens with one attached hydrogen (secondary N) is 1. The molecule has 0 fully saturated rings. The molecule has 0 spiro atoms. The molecule has 0 radical (unpaired) electrons. The summed E-state index contributed by atoms with van der Waals surface area (Å²) in [5.41, 5.74) is 2.04. The summed E-state index contributed by atoms with van der Waals surface area (Å²) >= 11 is 0. The number of H-pyrrole nitrogens is 1. The SMILES string of the molecule is CCOCc1[nH]c(C)c(-c2ccc(F)cc2)c(=O)c1C(=O)Cc1ccc(Oc2ccnc3cc(OC)c(OC)nc23)c(F)c1. The standard InChI is InChI=1S/C33H29F2N3O6/c1-5-43-17-24-30(32(40)29(18(2)37-24)20-7-9-21(34)10-8-20)25(39)15-19-6-11-26(22(35)14-19)44-27-12-13-36-23-16-28(41-3)33(42-4)38-31(23)27/h6-14,16H,5,15,17H2,1-4H3,(H,37,40). The second-order valence-electron chi connectivity index (χ2n) is 9.80. The monoisotopic (exact) mass is 601 g/mol. The fourth-order valence-electron chi connectivity index (χ4n) is 4.87. The van der Waals surface area contributed by atoms with E-state index in [2.05, 4.69) is 15.0 Å². The number of hydrogen-bond acceptors (Lipinski definition) is 8. The van der Waals surface area contributed by atoms with E-state index in [0.717, 1.165) is 0 Å². The number of aryl methyl sites for hydroxylation is 1. The molecule has 3 heterocycles. The molecule has 0 aliphatic rings. The largest absolute Gasteiger partial charge is 0.491 e. The number of methoxy groups -OCH3 is 2. The highest BCUT2D eigenvalue weighted by Crippen LogP contribution is 2.35. The second kappa shape index (κ2) is 13.0. The molecular weight excluding hydrogens is 572 g/mol. The molecule has 11 heteroatoms. The van der Waals surface area contributed by atoms with Gasteiger partial charge in [-0.15, -0.1) is 0 Å². The maximum Gasteiger partial charge on any atom is 0.257 e. The van der Waals surface area contributed by atoms with Crippen molar-refractivity contribution in [3.05, 3.63) is 105 Å². The van der Waals surface area contributed by atoms with Gasteiger partial charge in [0.15, 0.2) is 28.8 Å². The molecule has 0 amide bonds. The van der Waals surface area contributed by atoms with Gasteiger partial charge in [-0.25, -0.2) is 13.8 Å². The Bertz CT molecular complexity index is 1910. The van der Waals surface area contributed by atoms with Crippen LogP contribution in [0.4, 0.5) is 8.78 Å². The van der Waals surface area contributed by atoms with Gasteiger partial charge in [-0.1, -0.05) is 18.2 Å². The molecule has 0 saturated carbocycles. The Labute approximate surface area is 251 Å². The van der Waals surface area contributed by atoms with E-state index in [1.165, 1.54) is 56.8 Å². The van der Waals surface area contributed by atoms with Crippen LogP contribution < -0.4 is 19.6 Å². The van der Waals surface area contributed by atoms with Crippen LogP contribution in [0, 0.1) is 18.6 Å². The minimum absolute atomic E-state index is 0.00305. The molecule has 2 aromatic carbocycles. The third-order valence-corrected chi connectivity index (χ3v) is 6.93. The van der Waals surface area contributed by atoms with Crippen molar-refractivity contribution in [2.24, 2.45) is 0 Å². The first-order valence-electron chi connectivity index (χ1n) is 13.7. The first-order chi connectivity index (χ1) is 21.2. The molecule has 3 aromatic heterocycles. The van der Waals surface area contributed by atoms with E-state index >= 15 is 4.39 Å². The van der Waals surface area contributed by atoms with Gasteiger partial charge in [-0.3, -0.25) is 14.6 Å². The lowest BCUT2D eigenvalue weighted by atomic mass is 9.95. The summed E-state index contributed by atoms with van der Waals surface area (Å²) in [6.07, 6.45) is 1.23. The second-order valence-corrected chi connectivity index (χ2v) is 9.80. The van der Waals surface area contributed by atoms with Gasteiger partial charge >= 0.3 is 0 Å². The van der Waals surface area contributed by atoms with Gasteiger partial charge in [-0.2, -0.15) is 0 Å². The smallest absolute Gasteiger partial charge is 0.257 e. The highest BCUT2D eigenvalue weighted by Gasteiger charge is 2.23. The molecular formula is C33H29F2N3O6. The normalized spacial score (nSPS) is 11.0. The summed E-state index contributed by atoms with van der Waals surface area (Å²) in [7, 11) is 2.92. The number of benzene rings is 2. The summed E-state index contributed by atoms with van der Waals surface area (Å²) in [5.74, 6) is -0.971. The van der Waals surface area contributed by atoms with Crippen molar-refractivity contribution in [3.8, 4) is 34.3 Å². The van der Waals surface area contributed by atoms with Crippen LogP contribution in [-0.2, 0) is 17.8 Å². The Hall–Kier alpha value is -5.16. The number of ether oxygens (including phenoxy) is 4. The van der Waals surface area contributed by atoms with E-state index in [9.17, 15) is 14.0 Å². The number of hydrogen-bond donors (Lipinski definition) is 1. The Morgan fingerprint density at radius 1 is 0.955 bits per heavy atom. The average molecular weight is 602 g/mol. The van der Waals surface area contributed by atoms with Crippen molar-refractivity contribution >= 4 is 16.8 Å². The van der Waals surface area contributed by atoms with Gasteiger partial charge in [0.1, 0.15) is 11.3 Å². The summed E-state index contributed by atoms with van der Waals surface area (Å²) in [6.45, 7) is 3.86. The van der Waals surface area contributed by atoms with Gasteiger partial charge in [-0.05, 0) is 49.2 Å². The molecule has 0 atom stereocenters. The zero-order valence-corrected chi connectivity index (χ0v) is 24.5. The molecule has 5 aromatic rings. The zero-order chi connectivity index (χ0) is 31.4. The van der Waals surface area contributed by atoms with Gasteiger partial charge in [0.05, 0.1) is 37.6 Å². The number of ketones is 1. The molecule has 0 bridgehead atoms. The van der Waals surface area contributed by atoms with Crippen molar-refractivity contribution in [1.82, 2.24) is 15.0 Å². The molecule has 226 valence electrons. The van der Waals surface area contributed by atoms with Crippen molar-refractivity contribution < 1.29 is 32.5 Å². The van der Waals surface area contributed by atoms with E-state index in [1.807, 2.05) is 0 Å². The van der Waals surface area contributed by atoms with Crippen molar-refractivity contribution in [2.75, 3.05) is 20.8 Å². The quantitative estimate of drug-likeness (QED) is 0.175. The van der Waals surface area contributed by atoms with Crippen LogP contribution in [0.3, 0.4) is 0 Å². The summed E-state index contributed by atoms with van der Waals surface area (Å²) < 4.78 is 50.8. The number of rotatable bonds is 11. The fraction of sp³-hybridized carbons (Fsp3) is 0.212. The van der Waals surface area contributed by atoms with Crippen LogP contribution in [0.25, 0.3) is 22.2 Å². The van der Waals surface area contributed by atoms with E-state index in [0.29, 0.717) is 45.9 Å². The molecule has 0 saturated heterocycles. The van der Waals surface area contributed by atoms with Gasteiger partial charge in [0.2, 0.25) is 5.43 Å². The fourth-order valence-corrected chi connectivity index (χ4v) is 4.87. The first kappa shape index (κ1) is 30.3. The van der Waals surface area contributed by atoms with E-state index in [4.69, 9.17) is 18.9 Å². The Kier molecular flexibility index (Phi) is 8.96. The molecule has 0 aliphatic carbocycles. The minimum atomic E-state index is -0.722. The number of fused-ring (bicyclic) bond motifs is 1. The Morgan fingerprint density at radius 3 is 2.41 bits per heavy atom. The van der Waals surface area contributed by atoms with Crippen molar-refractivity contribution in [3.63, 3.8) is 0 Å². The van der Waals surface area contributed by atoms with Crippen LogP contribution in [0.15, 0.2) is 65.6 Å². The number of aromatic amines is 1. The van der Waals surface area contributed by atoms with Crippen molar-refractivity contribution in [2.45, 2.75) is 26.9 Å². The Balaban J connectivity index is 1.45. The number of aromatic nitrogens is 3. The van der Waals surface area contributed by atoms with Gasteiger partial charge in [0, 0.05) is 42.6 Å². The molecule has 44 heavy (non-hydrogen) atoms. The molecule has 0 unspecified atom stereocenters. The number of halogens is 2. The van der Waals surface area contributed by atoms with Gasteiger partial charge in [0.25, 0.3) is 5.88 Å². The maximum atomic E-state index is 15.3. The first-order valence-corrected chi connectivity index (χ1v) is 13.7. The lowest BCUT2D eigenvalue weighted by Crippen LogP contribution is -2.24. The van der Waals surface area contributed by atoms with Gasteiger partial charge < -0.3 is 23.9 Å². The summed E-state index contributed by atoms with van der Waals surface area (Å²) in [6, 6.07) is 12.7. The maximum absolute atomic E-state index is 15.3. The lowest BCUT2D eigenvalue weighted by Gasteiger charge is -2.15. The third kappa shape index (κ3) is 6.13. The average Bonchev–Trinajstić information content (AvgIpc) is 3.01. The highest BCUT2D eigenvalue weighted by atomic mass is 19.1.